The number of carbonyl (C=O) groups excluding carboxylic acids is 1. The highest BCUT2D eigenvalue weighted by molar-refractivity contribution is 6.10. The van der Waals surface area contributed by atoms with Crippen LogP contribution in [0.5, 0.6) is 5.75 Å². The molecule has 0 bridgehead atoms. The van der Waals surface area contributed by atoms with E-state index in [9.17, 15) is 4.79 Å². The number of nitrogens with zero attached hydrogens (tertiary/aromatic N) is 1. The Balaban J connectivity index is 1.80. The normalized spacial score (nSPS) is 11.0. The van der Waals surface area contributed by atoms with Crippen LogP contribution < -0.4 is 4.74 Å². The molecule has 3 aromatic rings. The van der Waals surface area contributed by atoms with Crippen LogP contribution in [0.2, 0.25) is 0 Å². The smallest absolute Gasteiger partial charge is 0.193 e. The average molecular weight is 347 g/mol. The minimum Gasteiger partial charge on any atom is -0.492 e. The summed E-state index contributed by atoms with van der Waals surface area (Å²) in [6.07, 6.45) is 0. The first kappa shape index (κ1) is 18.2. The Kier molecular flexibility index (Phi) is 6.03. The van der Waals surface area contributed by atoms with Gasteiger partial charge in [-0.2, -0.15) is 0 Å². The molecule has 0 radical (unpaired) electrons. The topological polar surface area (TPSA) is 29.5 Å². The second-order valence-electron chi connectivity index (χ2n) is 6.26. The van der Waals surface area contributed by atoms with Gasteiger partial charge in [0, 0.05) is 23.1 Å². The van der Waals surface area contributed by atoms with Crippen LogP contribution in [0, 0.1) is 0 Å². The van der Waals surface area contributed by atoms with Crippen LogP contribution in [0.25, 0.3) is 10.8 Å². The van der Waals surface area contributed by atoms with Gasteiger partial charge in [0.1, 0.15) is 12.4 Å². The van der Waals surface area contributed by atoms with E-state index < -0.39 is 0 Å². The maximum atomic E-state index is 12.7. The minimum atomic E-state index is 0.0420. The fourth-order valence-electron chi connectivity index (χ4n) is 3.10. The van der Waals surface area contributed by atoms with Crippen LogP contribution in [0.4, 0.5) is 0 Å². The lowest BCUT2D eigenvalue weighted by Gasteiger charge is -2.18. The number of likely N-dealkylation sites (N-methyl/N-ethyl adjacent to an activating group) is 1. The lowest BCUT2D eigenvalue weighted by molar-refractivity contribution is 0.103. The van der Waals surface area contributed by atoms with Crippen molar-refractivity contribution in [2.45, 2.75) is 13.8 Å². The standard InChI is InChI=1S/C23H25NO2/c1-3-24(4-2)15-16-26-22-12-8-11-19-17-20(13-14-21(19)22)23(25)18-9-6-5-7-10-18/h5-14,17H,3-4,15-16H2,1-2H3. The van der Waals surface area contributed by atoms with Gasteiger partial charge in [-0.3, -0.25) is 4.79 Å². The predicted octanol–water partition coefficient (Wildman–Crippen LogP) is 4.79. The van der Waals surface area contributed by atoms with Crippen LogP contribution in [0.1, 0.15) is 29.8 Å². The molecule has 0 saturated carbocycles. The molecule has 3 nitrogen and oxygen atoms in total. The number of rotatable bonds is 8. The Hall–Kier alpha value is -2.65. The second-order valence-corrected chi connectivity index (χ2v) is 6.26. The van der Waals surface area contributed by atoms with Gasteiger partial charge in [-0.1, -0.05) is 62.4 Å². The quantitative estimate of drug-likeness (QED) is 0.549. The Bertz CT molecular complexity index is 870. The Labute approximate surface area is 155 Å². The fraction of sp³-hybridized carbons (Fsp3) is 0.261. The van der Waals surface area contributed by atoms with E-state index in [2.05, 4.69) is 18.7 Å². The zero-order valence-corrected chi connectivity index (χ0v) is 15.4. The monoisotopic (exact) mass is 347 g/mol. The van der Waals surface area contributed by atoms with Crippen molar-refractivity contribution in [2.75, 3.05) is 26.2 Å². The molecule has 0 N–H and O–H groups in total. The number of ketones is 1. The molecule has 0 unspecified atom stereocenters. The highest BCUT2D eigenvalue weighted by Crippen LogP contribution is 2.27. The van der Waals surface area contributed by atoms with Crippen LogP contribution >= 0.6 is 0 Å². The summed E-state index contributed by atoms with van der Waals surface area (Å²) in [4.78, 5) is 15.0. The van der Waals surface area contributed by atoms with E-state index in [1.54, 1.807) is 0 Å². The number of ether oxygens (including phenoxy) is 1. The third-order valence-corrected chi connectivity index (χ3v) is 4.70. The van der Waals surface area contributed by atoms with E-state index in [0.29, 0.717) is 17.7 Å². The van der Waals surface area contributed by atoms with Gasteiger partial charge in [0.15, 0.2) is 5.78 Å². The molecule has 0 amide bonds. The van der Waals surface area contributed by atoms with Crippen molar-refractivity contribution in [3.63, 3.8) is 0 Å². The molecule has 26 heavy (non-hydrogen) atoms. The fourth-order valence-corrected chi connectivity index (χ4v) is 3.10. The van der Waals surface area contributed by atoms with Crippen LogP contribution in [0.15, 0.2) is 66.7 Å². The van der Waals surface area contributed by atoms with Crippen molar-refractivity contribution in [2.24, 2.45) is 0 Å². The molecule has 3 aromatic carbocycles. The number of hydrogen-bond donors (Lipinski definition) is 0. The summed E-state index contributed by atoms with van der Waals surface area (Å²) < 4.78 is 6.01. The van der Waals surface area contributed by atoms with Gasteiger partial charge in [0.05, 0.1) is 0 Å². The maximum Gasteiger partial charge on any atom is 0.193 e. The van der Waals surface area contributed by atoms with Gasteiger partial charge in [-0.15, -0.1) is 0 Å². The Morgan fingerprint density at radius 3 is 2.38 bits per heavy atom. The molecule has 0 saturated heterocycles. The molecule has 0 aliphatic heterocycles. The summed E-state index contributed by atoms with van der Waals surface area (Å²) in [5, 5.41) is 2.06. The molecule has 0 aliphatic carbocycles. The van der Waals surface area contributed by atoms with Crippen molar-refractivity contribution in [3.05, 3.63) is 77.9 Å². The lowest BCUT2D eigenvalue weighted by atomic mass is 10.00. The average Bonchev–Trinajstić information content (AvgIpc) is 2.71. The van der Waals surface area contributed by atoms with E-state index in [-0.39, 0.29) is 5.78 Å². The molecule has 0 spiro atoms. The van der Waals surface area contributed by atoms with Crippen LogP contribution in [-0.4, -0.2) is 36.9 Å². The van der Waals surface area contributed by atoms with Crippen molar-refractivity contribution in [3.8, 4) is 5.75 Å². The van der Waals surface area contributed by atoms with Crippen LogP contribution in [-0.2, 0) is 0 Å². The van der Waals surface area contributed by atoms with Gasteiger partial charge >= 0.3 is 0 Å². The van der Waals surface area contributed by atoms with Gasteiger partial charge in [-0.05, 0) is 36.7 Å². The molecule has 134 valence electrons. The lowest BCUT2D eigenvalue weighted by Crippen LogP contribution is -2.27. The largest absolute Gasteiger partial charge is 0.492 e. The van der Waals surface area contributed by atoms with E-state index in [1.165, 1.54) is 0 Å². The van der Waals surface area contributed by atoms with Gasteiger partial charge < -0.3 is 9.64 Å². The van der Waals surface area contributed by atoms with E-state index in [0.717, 1.165) is 36.2 Å². The zero-order valence-electron chi connectivity index (χ0n) is 15.4. The molecule has 0 atom stereocenters. The molecule has 3 rings (SSSR count). The third-order valence-electron chi connectivity index (χ3n) is 4.70. The summed E-state index contributed by atoms with van der Waals surface area (Å²) in [6, 6.07) is 21.2. The van der Waals surface area contributed by atoms with Crippen LogP contribution in [0.3, 0.4) is 0 Å². The summed E-state index contributed by atoms with van der Waals surface area (Å²) in [5.74, 6) is 0.911. The molecule has 0 heterocycles. The maximum absolute atomic E-state index is 12.7. The van der Waals surface area contributed by atoms with E-state index in [4.69, 9.17) is 4.74 Å². The molecule has 0 aliphatic rings. The van der Waals surface area contributed by atoms with Crippen molar-refractivity contribution in [1.29, 1.82) is 0 Å². The summed E-state index contributed by atoms with van der Waals surface area (Å²) in [5.41, 5.74) is 1.41. The number of carbonyl (C=O) groups is 1. The third kappa shape index (κ3) is 4.12. The van der Waals surface area contributed by atoms with Gasteiger partial charge in [-0.25, -0.2) is 0 Å². The van der Waals surface area contributed by atoms with E-state index in [1.807, 2.05) is 66.7 Å². The zero-order chi connectivity index (χ0) is 18.4. The summed E-state index contributed by atoms with van der Waals surface area (Å²) in [7, 11) is 0. The molecular formula is C23H25NO2. The van der Waals surface area contributed by atoms with Crippen molar-refractivity contribution < 1.29 is 9.53 Å². The molecule has 0 aromatic heterocycles. The van der Waals surface area contributed by atoms with Crippen molar-refractivity contribution in [1.82, 2.24) is 4.90 Å². The highest BCUT2D eigenvalue weighted by atomic mass is 16.5. The minimum absolute atomic E-state index is 0.0420. The van der Waals surface area contributed by atoms with Gasteiger partial charge in [0.2, 0.25) is 0 Å². The Morgan fingerprint density at radius 2 is 1.65 bits per heavy atom. The number of fused-ring (bicyclic) bond motifs is 1. The Morgan fingerprint density at radius 1 is 0.885 bits per heavy atom. The first-order valence-electron chi connectivity index (χ1n) is 9.20. The molecule has 0 fully saturated rings. The summed E-state index contributed by atoms with van der Waals surface area (Å²) >= 11 is 0. The first-order valence-corrected chi connectivity index (χ1v) is 9.20. The number of hydrogen-bond acceptors (Lipinski definition) is 3. The predicted molar refractivity (Wildman–Crippen MR) is 107 cm³/mol. The molecular weight excluding hydrogens is 322 g/mol. The van der Waals surface area contributed by atoms with Crippen molar-refractivity contribution >= 4 is 16.6 Å². The molecule has 3 heteroatoms. The van der Waals surface area contributed by atoms with Gasteiger partial charge in [0.25, 0.3) is 0 Å². The number of benzene rings is 3. The van der Waals surface area contributed by atoms with E-state index >= 15 is 0 Å². The summed E-state index contributed by atoms with van der Waals surface area (Å²) in [6.45, 7) is 7.94. The first-order chi connectivity index (χ1) is 12.7. The highest BCUT2D eigenvalue weighted by Gasteiger charge is 2.11. The second kappa shape index (κ2) is 8.63. The SMILES string of the molecule is CCN(CC)CCOc1cccc2cc(C(=O)c3ccccc3)ccc12.